The predicted octanol–water partition coefficient (Wildman–Crippen LogP) is 4.09. The number of rotatable bonds is 7. The summed E-state index contributed by atoms with van der Waals surface area (Å²) in [6.45, 7) is 4.45. The average molecular weight is 403 g/mol. The fourth-order valence-corrected chi connectivity index (χ4v) is 2.51. The normalized spacial score (nSPS) is 9.93. The monoisotopic (exact) mass is 402 g/mol. The van der Waals surface area contributed by atoms with E-state index < -0.39 is 0 Å². The van der Waals surface area contributed by atoms with Crippen LogP contribution in [-0.4, -0.2) is 28.3 Å². The highest BCUT2D eigenvalue weighted by molar-refractivity contribution is 5.85. The van der Waals surface area contributed by atoms with Crippen LogP contribution < -0.4 is 15.4 Å². The van der Waals surface area contributed by atoms with Crippen LogP contribution in [0.2, 0.25) is 0 Å². The maximum Gasteiger partial charge on any atom is 0.153 e. The van der Waals surface area contributed by atoms with Crippen molar-refractivity contribution in [2.45, 2.75) is 13.8 Å². The Morgan fingerprint density at radius 1 is 1.21 bits per heavy atom. The molecule has 0 aliphatic heterocycles. The molecule has 2 heterocycles. The second kappa shape index (κ2) is 9.58. The molecule has 0 bridgehead atoms. The van der Waals surface area contributed by atoms with E-state index in [1.807, 2.05) is 19.9 Å². The van der Waals surface area contributed by atoms with Crippen molar-refractivity contribution in [3.8, 4) is 11.8 Å². The van der Waals surface area contributed by atoms with Crippen LogP contribution in [0.5, 0.6) is 5.75 Å². The number of nitrogens with one attached hydrogen (secondary N) is 3. The van der Waals surface area contributed by atoms with E-state index in [1.54, 1.807) is 18.2 Å². The number of aryl methyl sites for hydroxylation is 2. The van der Waals surface area contributed by atoms with E-state index in [9.17, 15) is 9.65 Å². The molecule has 2 aromatic heterocycles. The Labute approximate surface area is 168 Å². The molecular weight excluding hydrogens is 383 g/mol. The van der Waals surface area contributed by atoms with Crippen LogP contribution >= 0.6 is 12.4 Å². The molecule has 1 aromatic carbocycles. The number of anilines is 3. The molecule has 0 atom stereocenters. The van der Waals surface area contributed by atoms with Gasteiger partial charge in [-0.2, -0.15) is 10.4 Å². The Morgan fingerprint density at radius 3 is 2.71 bits per heavy atom. The predicted molar refractivity (Wildman–Crippen MR) is 108 cm³/mol. The molecule has 0 saturated heterocycles. The molecule has 0 saturated carbocycles. The van der Waals surface area contributed by atoms with Crippen molar-refractivity contribution in [3.63, 3.8) is 0 Å². The minimum atomic E-state index is -0.350. The van der Waals surface area contributed by atoms with Crippen LogP contribution in [-0.2, 0) is 0 Å². The van der Waals surface area contributed by atoms with Crippen molar-refractivity contribution < 1.29 is 9.13 Å². The van der Waals surface area contributed by atoms with E-state index in [0.29, 0.717) is 41.9 Å². The van der Waals surface area contributed by atoms with Gasteiger partial charge in [0.2, 0.25) is 0 Å². The summed E-state index contributed by atoms with van der Waals surface area (Å²) in [4.78, 5) is 4.45. The van der Waals surface area contributed by atoms with Crippen molar-refractivity contribution in [3.05, 3.63) is 59.0 Å². The van der Waals surface area contributed by atoms with Crippen LogP contribution in [0.25, 0.3) is 0 Å². The van der Waals surface area contributed by atoms with Gasteiger partial charge in [-0.15, -0.1) is 12.4 Å². The maximum atomic E-state index is 13.2. The van der Waals surface area contributed by atoms with Crippen LogP contribution in [0.15, 0.2) is 36.4 Å². The molecule has 0 unspecified atom stereocenters. The molecular formula is C19H20ClFN6O. The van der Waals surface area contributed by atoms with E-state index in [4.69, 9.17) is 4.74 Å². The second-order valence-electron chi connectivity index (χ2n) is 5.95. The first-order valence-corrected chi connectivity index (χ1v) is 8.38. The largest absolute Gasteiger partial charge is 0.492 e. The second-order valence-corrected chi connectivity index (χ2v) is 5.95. The van der Waals surface area contributed by atoms with E-state index in [1.165, 1.54) is 12.1 Å². The third kappa shape index (κ3) is 5.34. The summed E-state index contributed by atoms with van der Waals surface area (Å²) in [7, 11) is 0. The van der Waals surface area contributed by atoms with Gasteiger partial charge in [0.1, 0.15) is 35.9 Å². The average Bonchev–Trinajstić information content (AvgIpc) is 3.03. The molecule has 7 nitrogen and oxygen atoms in total. The summed E-state index contributed by atoms with van der Waals surface area (Å²) in [5, 5.41) is 22.6. The number of halogens is 2. The molecule has 0 spiro atoms. The fourth-order valence-electron chi connectivity index (χ4n) is 2.51. The van der Waals surface area contributed by atoms with Crippen LogP contribution in [0.3, 0.4) is 0 Å². The minimum absolute atomic E-state index is 0. The van der Waals surface area contributed by atoms with Gasteiger partial charge in [-0.25, -0.2) is 9.37 Å². The first-order valence-electron chi connectivity index (χ1n) is 8.38. The molecule has 3 aromatic rings. The lowest BCUT2D eigenvalue weighted by molar-refractivity contribution is 0.331. The quantitative estimate of drug-likeness (QED) is 0.515. The van der Waals surface area contributed by atoms with Crippen molar-refractivity contribution in [1.29, 1.82) is 5.26 Å². The number of nitrogens with zero attached hydrogens (tertiary/aromatic N) is 3. The van der Waals surface area contributed by atoms with E-state index in [0.717, 1.165) is 11.3 Å². The summed E-state index contributed by atoms with van der Waals surface area (Å²) in [5.74, 6) is 1.77. The molecule has 0 amide bonds. The highest BCUT2D eigenvalue weighted by Gasteiger charge is 2.11. The van der Waals surface area contributed by atoms with Gasteiger partial charge in [0.15, 0.2) is 5.82 Å². The lowest BCUT2D eigenvalue weighted by atomic mass is 10.1. The number of H-pyrrole nitrogens is 1. The summed E-state index contributed by atoms with van der Waals surface area (Å²) in [6, 6.07) is 11.8. The van der Waals surface area contributed by atoms with Gasteiger partial charge in [0, 0.05) is 17.8 Å². The molecule has 0 aliphatic rings. The minimum Gasteiger partial charge on any atom is -0.492 e. The maximum absolute atomic E-state index is 13.2. The lowest BCUT2D eigenvalue weighted by Gasteiger charge is -2.12. The molecule has 146 valence electrons. The Kier molecular flexibility index (Phi) is 7.18. The molecule has 3 rings (SSSR count). The number of aromatic nitrogens is 3. The highest BCUT2D eigenvalue weighted by Crippen LogP contribution is 2.22. The van der Waals surface area contributed by atoms with Gasteiger partial charge in [-0.1, -0.05) is 6.07 Å². The van der Waals surface area contributed by atoms with Gasteiger partial charge in [0.05, 0.1) is 12.1 Å². The molecule has 0 fully saturated rings. The molecule has 0 aliphatic carbocycles. The molecule has 0 radical (unpaired) electrons. The number of pyridine rings is 1. The zero-order valence-electron chi connectivity index (χ0n) is 15.4. The zero-order chi connectivity index (χ0) is 19.2. The topological polar surface area (TPSA) is 98.7 Å². The highest BCUT2D eigenvalue weighted by atomic mass is 35.5. The molecule has 3 N–H and O–H groups in total. The van der Waals surface area contributed by atoms with Gasteiger partial charge >= 0.3 is 0 Å². The van der Waals surface area contributed by atoms with Gasteiger partial charge in [-0.05, 0) is 37.6 Å². The van der Waals surface area contributed by atoms with Gasteiger partial charge in [0.25, 0.3) is 0 Å². The summed E-state index contributed by atoms with van der Waals surface area (Å²) in [6.07, 6.45) is 0. The van der Waals surface area contributed by atoms with Crippen molar-refractivity contribution in [1.82, 2.24) is 15.2 Å². The van der Waals surface area contributed by atoms with Crippen LogP contribution in [0.1, 0.15) is 16.8 Å². The van der Waals surface area contributed by atoms with E-state index in [-0.39, 0.29) is 18.2 Å². The number of hydrogen-bond donors (Lipinski definition) is 3. The lowest BCUT2D eigenvalue weighted by Crippen LogP contribution is -2.14. The summed E-state index contributed by atoms with van der Waals surface area (Å²) in [5.41, 5.74) is 2.18. The number of aromatic amines is 1. The van der Waals surface area contributed by atoms with Crippen molar-refractivity contribution in [2.75, 3.05) is 23.8 Å². The Bertz CT molecular complexity index is 985. The summed E-state index contributed by atoms with van der Waals surface area (Å²) >= 11 is 0. The van der Waals surface area contributed by atoms with Gasteiger partial charge in [-0.3, -0.25) is 5.10 Å². The first kappa shape index (κ1) is 21.0. The number of ether oxygens (including phenoxy) is 1. The SMILES string of the molecule is Cc1cc(Nc2cc(C)c(C#N)c(NCCOc3cccc(F)c3)n2)n[nH]1.Cl. The van der Waals surface area contributed by atoms with Crippen LogP contribution in [0.4, 0.5) is 21.8 Å². The standard InChI is InChI=1S/C19H19FN6O.ClH/c1-12-8-17(23-18-9-13(2)25-26-18)24-19(16(12)11-21)22-6-7-27-15-5-3-4-14(20)10-15;/h3-5,8-10H,6-7H2,1-2H3,(H3,22,23,24,25,26);1H. The first-order chi connectivity index (χ1) is 13.0. The third-order valence-electron chi connectivity index (χ3n) is 3.75. The molecule has 28 heavy (non-hydrogen) atoms. The zero-order valence-corrected chi connectivity index (χ0v) is 16.2. The van der Waals surface area contributed by atoms with Crippen molar-refractivity contribution in [2.24, 2.45) is 0 Å². The number of hydrogen-bond acceptors (Lipinski definition) is 6. The number of benzene rings is 1. The fraction of sp³-hybridized carbons (Fsp3) is 0.211. The Morgan fingerprint density at radius 2 is 2.04 bits per heavy atom. The number of nitriles is 1. The van der Waals surface area contributed by atoms with E-state index in [2.05, 4.69) is 31.9 Å². The van der Waals surface area contributed by atoms with Gasteiger partial charge < -0.3 is 15.4 Å². The van der Waals surface area contributed by atoms with Crippen LogP contribution in [0, 0.1) is 31.0 Å². The smallest absolute Gasteiger partial charge is 0.153 e. The van der Waals surface area contributed by atoms with Crippen molar-refractivity contribution >= 4 is 29.9 Å². The van der Waals surface area contributed by atoms with E-state index >= 15 is 0 Å². The molecule has 9 heteroatoms. The Hall–Kier alpha value is -3.31. The summed E-state index contributed by atoms with van der Waals surface area (Å²) < 4.78 is 18.7. The third-order valence-corrected chi connectivity index (χ3v) is 3.75. The Balaban J connectivity index is 0.00000280.